The quantitative estimate of drug-likeness (QED) is 0.857. The molecular formula is C15H24N2S. The van der Waals surface area contributed by atoms with Gasteiger partial charge in [-0.25, -0.2) is 4.98 Å². The van der Waals surface area contributed by atoms with Crippen molar-refractivity contribution >= 4 is 17.6 Å². The SMILES string of the molecule is CCNc1ccc(CSC2CCCC(C)C2)cn1. The van der Waals surface area contributed by atoms with Crippen molar-refractivity contribution in [3.05, 3.63) is 23.9 Å². The molecule has 3 heteroatoms. The van der Waals surface area contributed by atoms with E-state index in [0.29, 0.717) is 0 Å². The first kappa shape index (κ1) is 13.7. The zero-order chi connectivity index (χ0) is 12.8. The number of pyridine rings is 1. The van der Waals surface area contributed by atoms with Crippen molar-refractivity contribution in [2.24, 2.45) is 5.92 Å². The normalized spacial score (nSPS) is 23.9. The second kappa shape index (κ2) is 7.03. The Morgan fingerprint density at radius 1 is 1.39 bits per heavy atom. The molecule has 1 aliphatic rings. The number of nitrogens with zero attached hydrogens (tertiary/aromatic N) is 1. The fraction of sp³-hybridized carbons (Fsp3) is 0.667. The predicted molar refractivity (Wildman–Crippen MR) is 81.1 cm³/mol. The van der Waals surface area contributed by atoms with E-state index in [-0.39, 0.29) is 0 Å². The van der Waals surface area contributed by atoms with Crippen LogP contribution in [-0.4, -0.2) is 16.8 Å². The number of rotatable bonds is 5. The molecule has 1 saturated carbocycles. The highest BCUT2D eigenvalue weighted by Gasteiger charge is 2.18. The summed E-state index contributed by atoms with van der Waals surface area (Å²) in [5.74, 6) is 3.01. The minimum absolute atomic E-state index is 0.863. The van der Waals surface area contributed by atoms with Crippen LogP contribution in [0.3, 0.4) is 0 Å². The molecule has 1 heterocycles. The third kappa shape index (κ3) is 4.20. The first-order valence-electron chi connectivity index (χ1n) is 7.08. The zero-order valence-electron chi connectivity index (χ0n) is 11.5. The lowest BCUT2D eigenvalue weighted by atomic mass is 9.91. The first-order valence-corrected chi connectivity index (χ1v) is 8.13. The molecule has 0 bridgehead atoms. The molecule has 0 amide bonds. The zero-order valence-corrected chi connectivity index (χ0v) is 12.3. The van der Waals surface area contributed by atoms with Crippen LogP contribution in [0.2, 0.25) is 0 Å². The topological polar surface area (TPSA) is 24.9 Å². The van der Waals surface area contributed by atoms with Crippen molar-refractivity contribution in [3.8, 4) is 0 Å². The monoisotopic (exact) mass is 264 g/mol. The van der Waals surface area contributed by atoms with Crippen LogP contribution in [0.4, 0.5) is 5.82 Å². The summed E-state index contributed by atoms with van der Waals surface area (Å²) >= 11 is 2.11. The Bertz CT molecular complexity index is 350. The maximum atomic E-state index is 4.42. The summed E-state index contributed by atoms with van der Waals surface area (Å²) in [5, 5.41) is 4.09. The molecule has 0 radical (unpaired) electrons. The van der Waals surface area contributed by atoms with Crippen LogP contribution in [-0.2, 0) is 5.75 Å². The molecule has 1 fully saturated rings. The number of anilines is 1. The smallest absolute Gasteiger partial charge is 0.125 e. The number of hydrogen-bond acceptors (Lipinski definition) is 3. The Morgan fingerprint density at radius 3 is 2.94 bits per heavy atom. The molecule has 2 atom stereocenters. The van der Waals surface area contributed by atoms with Crippen molar-refractivity contribution in [2.45, 2.75) is 50.5 Å². The fourth-order valence-corrected chi connectivity index (χ4v) is 3.94. The maximum absolute atomic E-state index is 4.42. The lowest BCUT2D eigenvalue weighted by molar-refractivity contribution is 0.394. The average molecular weight is 264 g/mol. The fourth-order valence-electron chi connectivity index (χ4n) is 2.54. The van der Waals surface area contributed by atoms with Gasteiger partial charge in [-0.05, 0) is 37.3 Å². The molecule has 1 aromatic rings. The molecule has 18 heavy (non-hydrogen) atoms. The highest BCUT2D eigenvalue weighted by molar-refractivity contribution is 7.99. The van der Waals surface area contributed by atoms with Gasteiger partial charge in [0.25, 0.3) is 0 Å². The minimum atomic E-state index is 0.863. The highest BCUT2D eigenvalue weighted by Crippen LogP contribution is 2.33. The summed E-state index contributed by atoms with van der Waals surface area (Å²) < 4.78 is 0. The molecule has 0 aromatic carbocycles. The van der Waals surface area contributed by atoms with E-state index in [2.05, 4.69) is 48.0 Å². The Kier molecular flexibility index (Phi) is 5.36. The van der Waals surface area contributed by atoms with Crippen LogP contribution < -0.4 is 5.32 Å². The largest absolute Gasteiger partial charge is 0.370 e. The van der Waals surface area contributed by atoms with E-state index in [1.54, 1.807) is 0 Å². The Balaban J connectivity index is 1.78. The van der Waals surface area contributed by atoms with Gasteiger partial charge in [-0.2, -0.15) is 11.8 Å². The Morgan fingerprint density at radius 2 is 2.28 bits per heavy atom. The second-order valence-electron chi connectivity index (χ2n) is 5.29. The summed E-state index contributed by atoms with van der Waals surface area (Å²) in [5.41, 5.74) is 1.35. The van der Waals surface area contributed by atoms with Crippen LogP contribution in [0.25, 0.3) is 0 Å². The lowest BCUT2D eigenvalue weighted by Gasteiger charge is -2.26. The Hall–Kier alpha value is -0.700. The molecule has 2 rings (SSSR count). The molecule has 2 nitrogen and oxygen atoms in total. The van der Waals surface area contributed by atoms with E-state index in [4.69, 9.17) is 0 Å². The van der Waals surface area contributed by atoms with Crippen molar-refractivity contribution < 1.29 is 0 Å². The van der Waals surface area contributed by atoms with Crippen molar-refractivity contribution in [1.82, 2.24) is 4.98 Å². The summed E-state index contributed by atoms with van der Waals surface area (Å²) in [6.07, 6.45) is 7.65. The highest BCUT2D eigenvalue weighted by atomic mass is 32.2. The van der Waals surface area contributed by atoms with Gasteiger partial charge in [0.1, 0.15) is 5.82 Å². The molecular weight excluding hydrogens is 240 g/mol. The van der Waals surface area contributed by atoms with Gasteiger partial charge in [-0.3, -0.25) is 0 Å². The molecule has 0 spiro atoms. The molecule has 2 unspecified atom stereocenters. The summed E-state index contributed by atoms with van der Waals surface area (Å²) in [4.78, 5) is 4.42. The standard InChI is InChI=1S/C15H24N2S/c1-3-16-15-8-7-13(10-17-15)11-18-14-6-4-5-12(2)9-14/h7-8,10,12,14H,3-6,9,11H2,1-2H3,(H,16,17). The molecule has 1 N–H and O–H groups in total. The van der Waals surface area contributed by atoms with Gasteiger partial charge in [-0.1, -0.05) is 25.8 Å². The van der Waals surface area contributed by atoms with E-state index < -0.39 is 0 Å². The number of nitrogens with one attached hydrogen (secondary N) is 1. The molecule has 1 aliphatic carbocycles. The maximum Gasteiger partial charge on any atom is 0.125 e. The van der Waals surface area contributed by atoms with Crippen LogP contribution in [0.1, 0.15) is 45.1 Å². The van der Waals surface area contributed by atoms with Crippen LogP contribution >= 0.6 is 11.8 Å². The van der Waals surface area contributed by atoms with Gasteiger partial charge in [0.05, 0.1) is 0 Å². The van der Waals surface area contributed by atoms with Gasteiger partial charge in [-0.15, -0.1) is 0 Å². The summed E-state index contributed by atoms with van der Waals surface area (Å²) in [7, 11) is 0. The number of thioether (sulfide) groups is 1. The molecule has 0 saturated heterocycles. The third-order valence-corrected chi connectivity index (χ3v) is 4.96. The van der Waals surface area contributed by atoms with Gasteiger partial charge in [0, 0.05) is 23.7 Å². The van der Waals surface area contributed by atoms with E-state index in [1.807, 2.05) is 6.20 Å². The van der Waals surface area contributed by atoms with Crippen LogP contribution in [0.5, 0.6) is 0 Å². The Labute approximate surface area is 115 Å². The van der Waals surface area contributed by atoms with Crippen LogP contribution in [0.15, 0.2) is 18.3 Å². The summed E-state index contributed by atoms with van der Waals surface area (Å²) in [6.45, 7) is 5.41. The summed E-state index contributed by atoms with van der Waals surface area (Å²) in [6, 6.07) is 4.28. The molecule has 0 aliphatic heterocycles. The van der Waals surface area contributed by atoms with Crippen LogP contribution in [0, 0.1) is 5.92 Å². The molecule has 1 aromatic heterocycles. The number of hydrogen-bond donors (Lipinski definition) is 1. The number of aromatic nitrogens is 1. The van der Waals surface area contributed by atoms with Gasteiger partial charge >= 0.3 is 0 Å². The second-order valence-corrected chi connectivity index (χ2v) is 6.58. The first-order chi connectivity index (χ1) is 8.78. The lowest BCUT2D eigenvalue weighted by Crippen LogP contribution is -2.15. The minimum Gasteiger partial charge on any atom is -0.370 e. The van der Waals surface area contributed by atoms with Crippen molar-refractivity contribution in [1.29, 1.82) is 0 Å². The van der Waals surface area contributed by atoms with E-state index in [0.717, 1.165) is 29.3 Å². The average Bonchev–Trinajstić information content (AvgIpc) is 2.38. The van der Waals surface area contributed by atoms with Crippen molar-refractivity contribution in [2.75, 3.05) is 11.9 Å². The van der Waals surface area contributed by atoms with Gasteiger partial charge in [0.15, 0.2) is 0 Å². The van der Waals surface area contributed by atoms with E-state index in [1.165, 1.54) is 31.2 Å². The van der Waals surface area contributed by atoms with Gasteiger partial charge in [0.2, 0.25) is 0 Å². The molecule has 100 valence electrons. The third-order valence-electron chi connectivity index (χ3n) is 3.56. The van der Waals surface area contributed by atoms with Crippen molar-refractivity contribution in [3.63, 3.8) is 0 Å². The van der Waals surface area contributed by atoms with Gasteiger partial charge < -0.3 is 5.32 Å². The van der Waals surface area contributed by atoms with E-state index >= 15 is 0 Å². The predicted octanol–water partition coefficient (Wildman–Crippen LogP) is 4.33. The van der Waals surface area contributed by atoms with E-state index in [9.17, 15) is 0 Å².